The summed E-state index contributed by atoms with van der Waals surface area (Å²) >= 11 is -2.14. The van der Waals surface area contributed by atoms with Crippen molar-refractivity contribution in [2.24, 2.45) is 0 Å². The Hall–Kier alpha value is -3.12. The van der Waals surface area contributed by atoms with Gasteiger partial charge >= 0.3 is 131 Å². The average molecular weight is 829 g/mol. The number of nitrogens with zero attached hydrogens (tertiary/aromatic N) is 2. The van der Waals surface area contributed by atoms with Crippen molar-refractivity contribution in [3.05, 3.63) is 114 Å². The van der Waals surface area contributed by atoms with E-state index in [-0.39, 0.29) is 31.5 Å². The van der Waals surface area contributed by atoms with Crippen molar-refractivity contribution in [2.75, 3.05) is 0 Å². The Bertz CT molecular complexity index is 2090. The molecular weight excluding hydrogens is 784 g/mol. The summed E-state index contributed by atoms with van der Waals surface area (Å²) in [6, 6.07) is 25.0. The first-order valence-corrected chi connectivity index (χ1v) is 21.6. The first-order valence-electron chi connectivity index (χ1n) is 16.8. The van der Waals surface area contributed by atoms with Crippen LogP contribution in [0.5, 0.6) is 0 Å². The number of furan rings is 1. The minimum atomic E-state index is -2.14. The van der Waals surface area contributed by atoms with Gasteiger partial charge in [-0.15, -0.1) is 18.2 Å². The molecule has 0 unspecified atom stereocenters. The second-order valence-electron chi connectivity index (χ2n) is 12.1. The van der Waals surface area contributed by atoms with E-state index in [1.165, 1.54) is 16.5 Å². The fraction of sp³-hybridized carbons (Fsp3) is 0.263. The van der Waals surface area contributed by atoms with E-state index in [9.17, 15) is 4.39 Å². The van der Waals surface area contributed by atoms with Gasteiger partial charge in [-0.3, -0.25) is 0 Å². The van der Waals surface area contributed by atoms with Gasteiger partial charge in [-0.1, -0.05) is 42.5 Å². The molecule has 3 heterocycles. The number of halogens is 1. The zero-order valence-corrected chi connectivity index (χ0v) is 30.5. The van der Waals surface area contributed by atoms with Gasteiger partial charge in [0, 0.05) is 33.1 Å². The van der Waals surface area contributed by atoms with Crippen LogP contribution in [0.4, 0.5) is 4.39 Å². The van der Waals surface area contributed by atoms with E-state index < -0.39 is 31.9 Å². The molecule has 0 aliphatic rings. The second-order valence-corrected chi connectivity index (χ2v) is 22.7. The largest absolute Gasteiger partial charge is 0 e. The third-order valence-corrected chi connectivity index (χ3v) is 11.6. The topological polar surface area (TPSA) is 38.9 Å². The van der Waals surface area contributed by atoms with Crippen LogP contribution in [0.25, 0.3) is 44.5 Å². The Kier molecular flexibility index (Phi) is 8.59. The maximum Gasteiger partial charge on any atom is 0 e. The quantitative estimate of drug-likeness (QED) is 0.128. The summed E-state index contributed by atoms with van der Waals surface area (Å²) < 4.78 is 60.3. The van der Waals surface area contributed by atoms with Crippen LogP contribution >= 0.6 is 0 Å². The van der Waals surface area contributed by atoms with Gasteiger partial charge in [-0.05, 0) is 29.8 Å². The van der Waals surface area contributed by atoms with E-state index in [0.29, 0.717) is 33.2 Å². The van der Waals surface area contributed by atoms with Crippen LogP contribution < -0.4 is 4.40 Å². The summed E-state index contributed by atoms with van der Waals surface area (Å²) in [5.74, 6) is 5.14. The minimum Gasteiger partial charge on any atom is 0 e. The van der Waals surface area contributed by atoms with Crippen molar-refractivity contribution >= 4 is 39.6 Å². The van der Waals surface area contributed by atoms with Crippen LogP contribution in [0.1, 0.15) is 63.0 Å². The molecule has 0 bridgehead atoms. The van der Waals surface area contributed by atoms with Crippen LogP contribution in [0.2, 0.25) is 17.3 Å². The molecule has 44 heavy (non-hydrogen) atoms. The SMILES string of the molecule is [2H]C(C)(C)c1ccnc(-c2[c-]ccc3c2oc2cccc(F)c23)c1.[2H]C([2H])([2H])c1c[c-]c(-c2cc(C([2H])(C)C)[c]([Ge]([CH3])([CH3])[CH3])cn2)cc1.[Ir]. The Labute approximate surface area is 284 Å². The van der Waals surface area contributed by atoms with Crippen LogP contribution in [0, 0.1) is 24.8 Å². The van der Waals surface area contributed by atoms with Crippen LogP contribution in [0.15, 0.2) is 83.5 Å². The normalized spacial score (nSPS) is 14.0. The summed E-state index contributed by atoms with van der Waals surface area (Å²) in [5, 5.41) is 1.17. The van der Waals surface area contributed by atoms with E-state index in [0.717, 1.165) is 22.4 Å². The first kappa shape index (κ1) is 27.2. The molecule has 1 radical (unpaired) electrons. The third kappa shape index (κ3) is 7.22. The molecule has 0 fully saturated rings. The fourth-order valence-corrected chi connectivity index (χ4v) is 8.33. The standard InChI is InChI=1S/C20H15FNO.C18H24GeN.Ir/c1-12(2)13-9-10-22-17(11-13)14-5-3-6-15-19-16(21)7-4-8-18(19)23-20(14)15;1-13(2)16-11-18(15-9-7-14(3)8-10-15)20-12-17(16)19(4,5)6;/h3-4,6-12H,1-2H3;7-9,11-13H,1-6H3;/q2*-1;/i12D;3D3,13D;. The number of benzene rings is 3. The van der Waals surface area contributed by atoms with Gasteiger partial charge in [0.2, 0.25) is 0 Å². The number of hydrogen-bond acceptors (Lipinski definition) is 3. The molecule has 3 aromatic heterocycles. The number of aryl methyl sites for hydroxylation is 1. The van der Waals surface area contributed by atoms with E-state index in [1.54, 1.807) is 42.6 Å². The molecule has 0 saturated carbocycles. The van der Waals surface area contributed by atoms with Gasteiger partial charge in [-0.2, -0.15) is 0 Å². The van der Waals surface area contributed by atoms with Crippen molar-refractivity contribution in [1.29, 1.82) is 0 Å². The van der Waals surface area contributed by atoms with E-state index in [1.807, 2.05) is 52.1 Å². The molecule has 0 saturated heterocycles. The second kappa shape index (κ2) is 13.9. The monoisotopic (exact) mass is 830 g/mol. The Morgan fingerprint density at radius 3 is 2.39 bits per heavy atom. The molecule has 3 nitrogen and oxygen atoms in total. The predicted octanol–water partition coefficient (Wildman–Crippen LogP) is 10.2. The van der Waals surface area contributed by atoms with Gasteiger partial charge < -0.3 is 9.40 Å². The molecule has 6 heteroatoms. The van der Waals surface area contributed by atoms with E-state index in [4.69, 9.17) is 11.3 Å². The van der Waals surface area contributed by atoms with Crippen molar-refractivity contribution < 1.29 is 35.8 Å². The smallest absolute Gasteiger partial charge is 0 e. The molecule has 6 aromatic rings. The van der Waals surface area contributed by atoms with E-state index in [2.05, 4.69) is 39.4 Å². The molecule has 0 aliphatic carbocycles. The molecule has 0 spiro atoms. The summed E-state index contributed by atoms with van der Waals surface area (Å²) in [6.07, 6.45) is 3.59. The number of fused-ring (bicyclic) bond motifs is 3. The maximum atomic E-state index is 14.2. The van der Waals surface area contributed by atoms with Crippen molar-refractivity contribution in [1.82, 2.24) is 9.97 Å². The van der Waals surface area contributed by atoms with Crippen molar-refractivity contribution in [2.45, 2.75) is 63.6 Å². The Morgan fingerprint density at radius 2 is 1.73 bits per heavy atom. The Balaban J connectivity index is 0.000000216. The van der Waals surface area contributed by atoms with Gasteiger partial charge in [0.25, 0.3) is 0 Å². The molecule has 0 N–H and O–H groups in total. The summed E-state index contributed by atoms with van der Waals surface area (Å²) in [4.78, 5) is 8.97. The number of rotatable bonds is 5. The van der Waals surface area contributed by atoms with Gasteiger partial charge in [0.05, 0.1) is 5.58 Å². The zero-order valence-electron chi connectivity index (χ0n) is 31.0. The molecular formula is C38H39FGeIrN2O-2. The van der Waals surface area contributed by atoms with Gasteiger partial charge in [-0.25, -0.2) is 4.39 Å². The van der Waals surface area contributed by atoms with E-state index >= 15 is 0 Å². The summed E-state index contributed by atoms with van der Waals surface area (Å²) in [6.45, 7) is 5.32. The average Bonchev–Trinajstić information content (AvgIpc) is 3.40. The summed E-state index contributed by atoms with van der Waals surface area (Å²) in [5.41, 5.74) is 6.02. The molecule has 6 rings (SSSR count). The molecule has 0 aliphatic heterocycles. The number of pyridine rings is 2. The van der Waals surface area contributed by atoms with Crippen molar-refractivity contribution in [3.63, 3.8) is 0 Å². The maximum absolute atomic E-state index is 14.2. The zero-order chi connectivity index (χ0) is 35.2. The van der Waals surface area contributed by atoms with Gasteiger partial charge in [0.1, 0.15) is 11.4 Å². The summed E-state index contributed by atoms with van der Waals surface area (Å²) in [7, 11) is 0. The number of aromatic nitrogens is 2. The minimum absolute atomic E-state index is 0. The Morgan fingerprint density at radius 1 is 0.932 bits per heavy atom. The molecule has 229 valence electrons. The van der Waals surface area contributed by atoms with Gasteiger partial charge in [0.15, 0.2) is 0 Å². The molecule has 0 amide bonds. The number of hydrogen-bond donors (Lipinski definition) is 0. The fourth-order valence-electron chi connectivity index (χ4n) is 5.01. The first-order chi connectivity index (χ1) is 22.2. The molecule has 3 aromatic carbocycles. The third-order valence-electron chi connectivity index (χ3n) is 7.34. The predicted molar refractivity (Wildman–Crippen MR) is 180 cm³/mol. The molecule has 0 atom stereocenters. The van der Waals surface area contributed by atoms with Crippen LogP contribution in [0.3, 0.4) is 0 Å². The van der Waals surface area contributed by atoms with Crippen molar-refractivity contribution in [3.8, 4) is 22.5 Å². The van der Waals surface area contributed by atoms with Crippen LogP contribution in [-0.2, 0) is 20.1 Å². The van der Waals surface area contributed by atoms with Crippen LogP contribution in [-0.4, -0.2) is 23.2 Å².